The molecule has 0 saturated carbocycles. The van der Waals surface area contributed by atoms with Gasteiger partial charge in [-0.15, -0.1) is 0 Å². The Morgan fingerprint density at radius 2 is 1.70 bits per heavy atom. The first kappa shape index (κ1) is 12.4. The van der Waals surface area contributed by atoms with Crippen LogP contribution >= 0.6 is 0 Å². The van der Waals surface area contributed by atoms with Gasteiger partial charge >= 0.3 is 0 Å². The summed E-state index contributed by atoms with van der Waals surface area (Å²) in [4.78, 5) is 11.7. The summed E-state index contributed by atoms with van der Waals surface area (Å²) in [7, 11) is 0. The smallest absolute Gasteiger partial charge is 0.161 e. The van der Waals surface area contributed by atoms with Crippen molar-refractivity contribution in [1.82, 2.24) is 4.57 Å². The summed E-state index contributed by atoms with van der Waals surface area (Å²) < 4.78 is 2.00. The summed E-state index contributed by atoms with van der Waals surface area (Å²) in [5.41, 5.74) is 2.94. The molecule has 20 heavy (non-hydrogen) atoms. The van der Waals surface area contributed by atoms with E-state index in [0.29, 0.717) is 0 Å². The van der Waals surface area contributed by atoms with Crippen LogP contribution in [0.4, 0.5) is 0 Å². The molecule has 0 fully saturated rings. The number of para-hydroxylation sites is 1. The number of fused-ring (bicyclic) bond motifs is 1. The first-order valence-corrected chi connectivity index (χ1v) is 6.59. The number of ketones is 1. The molecule has 0 N–H and O–H groups in total. The van der Waals surface area contributed by atoms with Crippen LogP contribution in [0.25, 0.3) is 23.2 Å². The third-order valence-electron chi connectivity index (χ3n) is 3.35. The number of hydrogen-bond donors (Lipinski definition) is 0. The SMILES string of the molecule is CC(=O)c1cn(/C=C\c2ccccc2)c2ccccc12. The molecule has 0 unspecified atom stereocenters. The van der Waals surface area contributed by atoms with Gasteiger partial charge in [-0.25, -0.2) is 0 Å². The van der Waals surface area contributed by atoms with Crippen molar-refractivity contribution in [2.75, 3.05) is 0 Å². The minimum atomic E-state index is 0.0908. The van der Waals surface area contributed by atoms with E-state index >= 15 is 0 Å². The number of rotatable bonds is 3. The maximum atomic E-state index is 11.7. The number of carbonyl (C=O) groups is 1. The van der Waals surface area contributed by atoms with Crippen molar-refractivity contribution in [3.8, 4) is 0 Å². The summed E-state index contributed by atoms with van der Waals surface area (Å²) >= 11 is 0. The quantitative estimate of drug-likeness (QED) is 0.637. The van der Waals surface area contributed by atoms with Crippen LogP contribution in [0.1, 0.15) is 22.8 Å². The summed E-state index contributed by atoms with van der Waals surface area (Å²) in [6.45, 7) is 1.60. The molecule has 0 amide bonds. The molecule has 3 rings (SSSR count). The van der Waals surface area contributed by atoms with Gasteiger partial charge in [-0.2, -0.15) is 0 Å². The number of Topliss-reactive ketones (excluding diaryl/α,β-unsaturated/α-hetero) is 1. The second-order valence-corrected chi connectivity index (χ2v) is 4.75. The first-order valence-electron chi connectivity index (χ1n) is 6.59. The molecule has 0 aliphatic carbocycles. The zero-order valence-corrected chi connectivity index (χ0v) is 11.3. The lowest BCUT2D eigenvalue weighted by Gasteiger charge is -1.97. The van der Waals surface area contributed by atoms with E-state index in [-0.39, 0.29) is 5.78 Å². The lowest BCUT2D eigenvalue weighted by Crippen LogP contribution is -1.88. The maximum Gasteiger partial charge on any atom is 0.161 e. The molecule has 3 aromatic rings. The summed E-state index contributed by atoms with van der Waals surface area (Å²) in [5.74, 6) is 0.0908. The molecule has 0 saturated heterocycles. The van der Waals surface area contributed by atoms with Gasteiger partial charge in [0.15, 0.2) is 5.78 Å². The van der Waals surface area contributed by atoms with Gasteiger partial charge in [0.2, 0.25) is 0 Å². The molecule has 1 aromatic heterocycles. The van der Waals surface area contributed by atoms with E-state index in [2.05, 4.69) is 0 Å². The molecule has 0 bridgehead atoms. The highest BCUT2D eigenvalue weighted by Crippen LogP contribution is 2.22. The highest BCUT2D eigenvalue weighted by Gasteiger charge is 2.09. The number of benzene rings is 2. The monoisotopic (exact) mass is 261 g/mol. The third kappa shape index (κ3) is 2.28. The third-order valence-corrected chi connectivity index (χ3v) is 3.35. The largest absolute Gasteiger partial charge is 0.322 e. The van der Waals surface area contributed by atoms with Crippen molar-refractivity contribution in [2.24, 2.45) is 0 Å². The molecule has 0 aliphatic heterocycles. The first-order chi connectivity index (χ1) is 9.75. The Morgan fingerprint density at radius 1 is 1.00 bits per heavy atom. The molecule has 1 heterocycles. The Morgan fingerprint density at radius 3 is 2.45 bits per heavy atom. The molecule has 0 radical (unpaired) electrons. The Labute approximate surface area is 118 Å². The van der Waals surface area contributed by atoms with Gasteiger partial charge in [0.25, 0.3) is 0 Å². The van der Waals surface area contributed by atoms with Crippen LogP contribution < -0.4 is 0 Å². The number of hydrogen-bond acceptors (Lipinski definition) is 1. The number of aromatic nitrogens is 1. The fourth-order valence-corrected chi connectivity index (χ4v) is 2.34. The second-order valence-electron chi connectivity index (χ2n) is 4.75. The highest BCUT2D eigenvalue weighted by atomic mass is 16.1. The Balaban J connectivity index is 2.08. The fourth-order valence-electron chi connectivity index (χ4n) is 2.34. The van der Waals surface area contributed by atoms with Crippen molar-refractivity contribution in [3.05, 3.63) is 71.9 Å². The van der Waals surface area contributed by atoms with Crippen LogP contribution in [0.2, 0.25) is 0 Å². The Kier molecular flexibility index (Phi) is 3.21. The molecule has 98 valence electrons. The zero-order chi connectivity index (χ0) is 13.9. The van der Waals surface area contributed by atoms with E-state index < -0.39 is 0 Å². The van der Waals surface area contributed by atoms with Gasteiger partial charge in [0, 0.05) is 23.3 Å². The van der Waals surface area contributed by atoms with Crippen LogP contribution in [0, 0.1) is 0 Å². The van der Waals surface area contributed by atoms with Crippen LogP contribution in [0.3, 0.4) is 0 Å². The van der Waals surface area contributed by atoms with E-state index in [9.17, 15) is 4.79 Å². The molecular formula is C18H15NO. The van der Waals surface area contributed by atoms with E-state index in [1.54, 1.807) is 6.92 Å². The predicted molar refractivity (Wildman–Crippen MR) is 83.6 cm³/mol. The summed E-state index contributed by atoms with van der Waals surface area (Å²) in [6, 6.07) is 18.1. The van der Waals surface area contributed by atoms with Gasteiger partial charge in [-0.3, -0.25) is 4.79 Å². The molecule has 0 atom stereocenters. The van der Waals surface area contributed by atoms with Gasteiger partial charge in [-0.05, 0) is 24.6 Å². The minimum absolute atomic E-state index is 0.0908. The van der Waals surface area contributed by atoms with Crippen LogP contribution in [0.5, 0.6) is 0 Å². The second kappa shape index (κ2) is 5.17. The number of nitrogens with zero attached hydrogens (tertiary/aromatic N) is 1. The standard InChI is InChI=1S/C18H15NO/c1-14(20)17-13-19(18-10-6-5-9-16(17)18)12-11-15-7-3-2-4-8-15/h2-13H,1H3/b12-11-. The lowest BCUT2D eigenvalue weighted by molar-refractivity contribution is 0.101. The maximum absolute atomic E-state index is 11.7. The predicted octanol–water partition coefficient (Wildman–Crippen LogP) is 4.47. The minimum Gasteiger partial charge on any atom is -0.322 e. The van der Waals surface area contributed by atoms with E-state index in [4.69, 9.17) is 0 Å². The zero-order valence-electron chi connectivity index (χ0n) is 11.3. The summed E-state index contributed by atoms with van der Waals surface area (Å²) in [6.07, 6.45) is 5.92. The average molecular weight is 261 g/mol. The van der Waals surface area contributed by atoms with E-state index in [1.165, 1.54) is 0 Å². The van der Waals surface area contributed by atoms with E-state index in [1.807, 2.05) is 77.6 Å². The Bertz CT molecular complexity index is 782. The molecular weight excluding hydrogens is 246 g/mol. The molecule has 2 aromatic carbocycles. The Hall–Kier alpha value is -2.61. The van der Waals surface area contributed by atoms with Gasteiger partial charge < -0.3 is 4.57 Å². The van der Waals surface area contributed by atoms with Gasteiger partial charge in [0.05, 0.1) is 5.52 Å². The lowest BCUT2D eigenvalue weighted by atomic mass is 10.1. The topological polar surface area (TPSA) is 22.0 Å². The van der Waals surface area contributed by atoms with Crippen molar-refractivity contribution in [3.63, 3.8) is 0 Å². The molecule has 0 aliphatic rings. The van der Waals surface area contributed by atoms with Crippen molar-refractivity contribution in [2.45, 2.75) is 6.92 Å². The fraction of sp³-hybridized carbons (Fsp3) is 0.0556. The van der Waals surface area contributed by atoms with Crippen molar-refractivity contribution >= 4 is 29.0 Å². The van der Waals surface area contributed by atoms with Gasteiger partial charge in [-0.1, -0.05) is 48.5 Å². The van der Waals surface area contributed by atoms with Gasteiger partial charge in [0.1, 0.15) is 0 Å². The molecule has 0 spiro atoms. The van der Waals surface area contributed by atoms with Crippen LogP contribution in [-0.4, -0.2) is 10.4 Å². The number of carbonyl (C=O) groups excluding carboxylic acids is 1. The average Bonchev–Trinajstić information content (AvgIpc) is 2.85. The van der Waals surface area contributed by atoms with Crippen LogP contribution in [-0.2, 0) is 0 Å². The normalized spacial score (nSPS) is 11.2. The highest BCUT2D eigenvalue weighted by molar-refractivity contribution is 6.07. The summed E-state index contributed by atoms with van der Waals surface area (Å²) in [5, 5.41) is 0.998. The molecule has 2 heteroatoms. The molecule has 2 nitrogen and oxygen atoms in total. The van der Waals surface area contributed by atoms with Crippen molar-refractivity contribution < 1.29 is 4.79 Å². The van der Waals surface area contributed by atoms with E-state index in [0.717, 1.165) is 22.0 Å². The van der Waals surface area contributed by atoms with Crippen molar-refractivity contribution in [1.29, 1.82) is 0 Å². The van der Waals surface area contributed by atoms with Crippen LogP contribution in [0.15, 0.2) is 60.8 Å².